The van der Waals surface area contributed by atoms with Gasteiger partial charge >= 0.3 is 6.03 Å². The minimum Gasteiger partial charge on any atom is -0.496 e. The molecular formula is C19H20F2N2O4S. The Bertz CT molecular complexity index is 881. The van der Waals surface area contributed by atoms with E-state index in [1.165, 1.54) is 33.1 Å². The zero-order valence-corrected chi connectivity index (χ0v) is 16.4. The van der Waals surface area contributed by atoms with E-state index < -0.39 is 17.7 Å². The van der Waals surface area contributed by atoms with Crippen molar-refractivity contribution in [3.8, 4) is 17.2 Å². The predicted octanol–water partition coefficient (Wildman–Crippen LogP) is 4.27. The maximum atomic E-state index is 13.9. The number of rotatable bonds is 5. The van der Waals surface area contributed by atoms with Gasteiger partial charge in [-0.15, -0.1) is 11.8 Å². The van der Waals surface area contributed by atoms with Crippen molar-refractivity contribution in [3.05, 3.63) is 47.5 Å². The van der Waals surface area contributed by atoms with Crippen LogP contribution in [0.4, 0.5) is 19.3 Å². The quantitative estimate of drug-likeness (QED) is 0.798. The van der Waals surface area contributed by atoms with Crippen LogP contribution < -0.4 is 19.5 Å². The highest BCUT2D eigenvalue weighted by molar-refractivity contribution is 7.99. The highest BCUT2D eigenvalue weighted by atomic mass is 32.2. The van der Waals surface area contributed by atoms with Gasteiger partial charge in [0, 0.05) is 30.0 Å². The number of amides is 2. The molecule has 0 radical (unpaired) electrons. The van der Waals surface area contributed by atoms with Crippen molar-refractivity contribution in [3.63, 3.8) is 0 Å². The first-order valence-corrected chi connectivity index (χ1v) is 9.47. The zero-order valence-electron chi connectivity index (χ0n) is 15.6. The number of urea groups is 1. The fourth-order valence-corrected chi connectivity index (χ4v) is 4.23. The number of hydrogen-bond donors (Lipinski definition) is 1. The Morgan fingerprint density at radius 1 is 1.07 bits per heavy atom. The van der Waals surface area contributed by atoms with Crippen molar-refractivity contribution in [2.24, 2.45) is 0 Å². The number of halogens is 2. The van der Waals surface area contributed by atoms with Gasteiger partial charge in [-0.25, -0.2) is 13.6 Å². The summed E-state index contributed by atoms with van der Waals surface area (Å²) in [6.07, 6.45) is 0. The van der Waals surface area contributed by atoms with E-state index >= 15 is 0 Å². The van der Waals surface area contributed by atoms with Gasteiger partial charge in [-0.3, -0.25) is 0 Å². The Morgan fingerprint density at radius 3 is 2.43 bits per heavy atom. The Balaban J connectivity index is 1.90. The molecule has 0 bridgehead atoms. The van der Waals surface area contributed by atoms with E-state index in [4.69, 9.17) is 14.2 Å². The molecule has 0 aromatic heterocycles. The highest BCUT2D eigenvalue weighted by Crippen LogP contribution is 2.46. The van der Waals surface area contributed by atoms with E-state index in [-0.39, 0.29) is 11.1 Å². The molecule has 6 nitrogen and oxygen atoms in total. The number of methoxy groups -OCH3 is 3. The van der Waals surface area contributed by atoms with Crippen molar-refractivity contribution in [2.75, 3.05) is 38.9 Å². The second-order valence-corrected chi connectivity index (χ2v) is 7.11. The maximum Gasteiger partial charge on any atom is 0.323 e. The molecule has 3 rings (SSSR count). The molecule has 2 aromatic carbocycles. The van der Waals surface area contributed by atoms with E-state index in [2.05, 4.69) is 5.32 Å². The van der Waals surface area contributed by atoms with Crippen molar-refractivity contribution >= 4 is 23.5 Å². The van der Waals surface area contributed by atoms with Gasteiger partial charge in [0.05, 0.1) is 27.0 Å². The van der Waals surface area contributed by atoms with Crippen molar-refractivity contribution in [2.45, 2.75) is 5.37 Å². The van der Waals surface area contributed by atoms with Gasteiger partial charge in [0.25, 0.3) is 0 Å². The Labute approximate surface area is 165 Å². The van der Waals surface area contributed by atoms with Gasteiger partial charge in [-0.2, -0.15) is 0 Å². The van der Waals surface area contributed by atoms with E-state index in [0.717, 1.165) is 23.8 Å². The average molecular weight is 410 g/mol. The molecule has 1 atom stereocenters. The van der Waals surface area contributed by atoms with Crippen LogP contribution in [0.25, 0.3) is 0 Å². The lowest BCUT2D eigenvalue weighted by Crippen LogP contribution is -2.34. The largest absolute Gasteiger partial charge is 0.496 e. The molecule has 28 heavy (non-hydrogen) atoms. The third kappa shape index (κ3) is 3.94. The Hall–Kier alpha value is -2.68. The molecule has 1 heterocycles. The van der Waals surface area contributed by atoms with Crippen LogP contribution in [-0.4, -0.2) is 44.6 Å². The fraction of sp³-hybridized carbons (Fsp3) is 0.316. The zero-order chi connectivity index (χ0) is 20.3. The van der Waals surface area contributed by atoms with Crippen LogP contribution in [0.5, 0.6) is 17.2 Å². The van der Waals surface area contributed by atoms with Crippen LogP contribution >= 0.6 is 11.8 Å². The molecule has 1 aliphatic heterocycles. The maximum absolute atomic E-state index is 13.9. The summed E-state index contributed by atoms with van der Waals surface area (Å²) >= 11 is 1.53. The lowest BCUT2D eigenvalue weighted by Gasteiger charge is -2.26. The third-order valence-electron chi connectivity index (χ3n) is 4.32. The predicted molar refractivity (Wildman–Crippen MR) is 103 cm³/mol. The second-order valence-electron chi connectivity index (χ2n) is 5.92. The van der Waals surface area contributed by atoms with Crippen molar-refractivity contribution < 1.29 is 27.8 Å². The monoisotopic (exact) mass is 410 g/mol. The SMILES string of the molecule is COc1cc(OC)c(C2SCCN2C(=O)Nc2cc(F)ccc2F)cc1OC. The molecule has 0 saturated carbocycles. The molecule has 0 aliphatic carbocycles. The summed E-state index contributed by atoms with van der Waals surface area (Å²) in [5, 5.41) is 2.06. The summed E-state index contributed by atoms with van der Waals surface area (Å²) in [6.45, 7) is 0.440. The number of anilines is 1. The summed E-state index contributed by atoms with van der Waals surface area (Å²) in [6, 6.07) is 5.82. The fourth-order valence-electron chi connectivity index (χ4n) is 2.96. The summed E-state index contributed by atoms with van der Waals surface area (Å²) in [5.41, 5.74) is 0.512. The van der Waals surface area contributed by atoms with Crippen LogP contribution in [0.2, 0.25) is 0 Å². The van der Waals surface area contributed by atoms with Crippen molar-refractivity contribution in [1.82, 2.24) is 4.90 Å². The van der Waals surface area contributed by atoms with Crippen LogP contribution in [0.3, 0.4) is 0 Å². The number of nitrogens with zero attached hydrogens (tertiary/aromatic N) is 1. The first-order chi connectivity index (χ1) is 13.5. The molecule has 2 aromatic rings. The number of ether oxygens (including phenoxy) is 3. The lowest BCUT2D eigenvalue weighted by molar-refractivity contribution is 0.213. The first-order valence-electron chi connectivity index (χ1n) is 8.42. The first kappa shape index (κ1) is 20.1. The van der Waals surface area contributed by atoms with E-state index in [1.54, 1.807) is 17.0 Å². The molecule has 1 N–H and O–H groups in total. The Morgan fingerprint density at radius 2 is 1.75 bits per heavy atom. The molecule has 150 valence electrons. The van der Waals surface area contributed by atoms with Crippen LogP contribution in [0.1, 0.15) is 10.9 Å². The standard InChI is InChI=1S/C19H20F2N2O4S/c1-25-15-10-17(27-3)16(26-2)9-12(15)18-23(6-7-28-18)19(24)22-14-8-11(20)4-5-13(14)21/h4-5,8-10,18H,6-7H2,1-3H3,(H,22,24). The minimum atomic E-state index is -0.707. The Kier molecular flexibility index (Phi) is 6.13. The van der Waals surface area contributed by atoms with Gasteiger partial charge in [0.15, 0.2) is 11.5 Å². The molecule has 1 aliphatic rings. The number of benzene rings is 2. The van der Waals surface area contributed by atoms with Gasteiger partial charge < -0.3 is 24.4 Å². The number of carbonyl (C=O) groups is 1. The van der Waals surface area contributed by atoms with Crippen LogP contribution in [-0.2, 0) is 0 Å². The molecule has 2 amide bonds. The number of nitrogens with one attached hydrogen (secondary N) is 1. The molecule has 1 unspecified atom stereocenters. The second kappa shape index (κ2) is 8.55. The normalized spacial score (nSPS) is 16.0. The topological polar surface area (TPSA) is 60.0 Å². The molecule has 0 spiro atoms. The van der Waals surface area contributed by atoms with Gasteiger partial charge in [-0.1, -0.05) is 0 Å². The smallest absolute Gasteiger partial charge is 0.323 e. The number of thioether (sulfide) groups is 1. The van der Waals surface area contributed by atoms with Gasteiger partial charge in [-0.05, 0) is 18.2 Å². The van der Waals surface area contributed by atoms with Gasteiger partial charge in [0.2, 0.25) is 0 Å². The molecule has 1 fully saturated rings. The highest BCUT2D eigenvalue weighted by Gasteiger charge is 2.34. The van der Waals surface area contributed by atoms with Crippen LogP contribution in [0.15, 0.2) is 30.3 Å². The summed E-state index contributed by atoms with van der Waals surface area (Å²) < 4.78 is 43.4. The lowest BCUT2D eigenvalue weighted by atomic mass is 10.1. The minimum absolute atomic E-state index is 0.208. The van der Waals surface area contributed by atoms with E-state index in [0.29, 0.717) is 29.5 Å². The van der Waals surface area contributed by atoms with Crippen molar-refractivity contribution in [1.29, 1.82) is 0 Å². The van der Waals surface area contributed by atoms with Gasteiger partial charge in [0.1, 0.15) is 22.8 Å². The third-order valence-corrected chi connectivity index (χ3v) is 5.57. The summed E-state index contributed by atoms with van der Waals surface area (Å²) in [7, 11) is 4.57. The van der Waals surface area contributed by atoms with Crippen LogP contribution in [0, 0.1) is 11.6 Å². The van der Waals surface area contributed by atoms with E-state index in [9.17, 15) is 13.6 Å². The molecular weight excluding hydrogens is 390 g/mol. The molecule has 9 heteroatoms. The molecule has 1 saturated heterocycles. The number of hydrogen-bond acceptors (Lipinski definition) is 5. The number of carbonyl (C=O) groups excluding carboxylic acids is 1. The average Bonchev–Trinajstić information content (AvgIpc) is 3.19. The van der Waals surface area contributed by atoms with E-state index in [1.807, 2.05) is 0 Å². The summed E-state index contributed by atoms with van der Waals surface area (Å²) in [5.74, 6) is 0.881. The summed E-state index contributed by atoms with van der Waals surface area (Å²) in [4.78, 5) is 14.3.